The average molecular weight is 467 g/mol. The summed E-state index contributed by atoms with van der Waals surface area (Å²) in [4.78, 5) is 10.7. The highest BCUT2D eigenvalue weighted by atomic mass is 32.2. The summed E-state index contributed by atoms with van der Waals surface area (Å²) in [7, 11) is 0.608. The SMILES string of the molecule is CCN(CC)S(=O)(=O)c1ccc(N/N=C/c2cc(OC)c(OC)c(OC)c2)c([N+](=O)[O-])c1. The van der Waals surface area contributed by atoms with Gasteiger partial charge in [-0.3, -0.25) is 15.5 Å². The van der Waals surface area contributed by atoms with Crippen molar-refractivity contribution in [3.8, 4) is 17.2 Å². The second-order valence-corrected chi connectivity index (χ2v) is 8.29. The Morgan fingerprint density at radius 2 is 1.66 bits per heavy atom. The lowest BCUT2D eigenvalue weighted by Crippen LogP contribution is -2.30. The van der Waals surface area contributed by atoms with Crippen LogP contribution in [0.2, 0.25) is 0 Å². The normalized spacial score (nSPS) is 11.6. The van der Waals surface area contributed by atoms with Crippen LogP contribution in [0.5, 0.6) is 17.2 Å². The number of benzene rings is 2. The molecule has 0 spiro atoms. The molecule has 32 heavy (non-hydrogen) atoms. The first-order chi connectivity index (χ1) is 15.2. The number of nitro benzene ring substituents is 1. The van der Waals surface area contributed by atoms with Crippen LogP contribution in [-0.4, -0.2) is 58.3 Å². The summed E-state index contributed by atoms with van der Waals surface area (Å²) in [6.07, 6.45) is 1.41. The van der Waals surface area contributed by atoms with E-state index in [9.17, 15) is 18.5 Å². The lowest BCUT2D eigenvalue weighted by molar-refractivity contribution is -0.384. The molecule has 2 aromatic rings. The highest BCUT2D eigenvalue weighted by Crippen LogP contribution is 2.37. The van der Waals surface area contributed by atoms with Crippen LogP contribution in [0.15, 0.2) is 40.3 Å². The molecule has 174 valence electrons. The van der Waals surface area contributed by atoms with Crippen molar-refractivity contribution in [2.75, 3.05) is 39.8 Å². The second-order valence-electron chi connectivity index (χ2n) is 6.35. The Kier molecular flexibility index (Phi) is 8.38. The molecule has 12 heteroatoms. The van der Waals surface area contributed by atoms with Crippen molar-refractivity contribution in [1.82, 2.24) is 4.31 Å². The van der Waals surface area contributed by atoms with Gasteiger partial charge in [0.1, 0.15) is 5.69 Å². The van der Waals surface area contributed by atoms with Crippen LogP contribution in [0.1, 0.15) is 19.4 Å². The van der Waals surface area contributed by atoms with E-state index in [1.165, 1.54) is 44.0 Å². The number of ether oxygens (including phenoxy) is 3. The molecule has 0 saturated carbocycles. The highest BCUT2D eigenvalue weighted by molar-refractivity contribution is 7.89. The summed E-state index contributed by atoms with van der Waals surface area (Å²) in [5.41, 5.74) is 2.79. The lowest BCUT2D eigenvalue weighted by atomic mass is 10.2. The van der Waals surface area contributed by atoms with Crippen molar-refractivity contribution in [2.45, 2.75) is 18.7 Å². The molecule has 0 atom stereocenters. The number of nitrogens with one attached hydrogen (secondary N) is 1. The Morgan fingerprint density at radius 3 is 2.12 bits per heavy atom. The maximum atomic E-state index is 12.7. The number of nitrogens with zero attached hydrogens (tertiary/aromatic N) is 3. The quantitative estimate of drug-likeness (QED) is 0.303. The van der Waals surface area contributed by atoms with Crippen molar-refractivity contribution >= 4 is 27.6 Å². The Balaban J connectivity index is 2.36. The van der Waals surface area contributed by atoms with Crippen LogP contribution in [0, 0.1) is 10.1 Å². The minimum Gasteiger partial charge on any atom is -0.493 e. The molecule has 0 fully saturated rings. The number of hydrogen-bond donors (Lipinski definition) is 1. The fourth-order valence-corrected chi connectivity index (χ4v) is 4.46. The number of nitro groups is 1. The predicted molar refractivity (Wildman–Crippen MR) is 121 cm³/mol. The summed E-state index contributed by atoms with van der Waals surface area (Å²) in [5, 5.41) is 15.6. The van der Waals surface area contributed by atoms with Crippen LogP contribution in [0.4, 0.5) is 11.4 Å². The Hall–Kier alpha value is -3.38. The maximum absolute atomic E-state index is 12.7. The number of hydrogen-bond acceptors (Lipinski definition) is 9. The van der Waals surface area contributed by atoms with Gasteiger partial charge in [0.25, 0.3) is 5.69 Å². The first kappa shape index (κ1) is 24.9. The molecule has 0 saturated heterocycles. The number of methoxy groups -OCH3 is 3. The topological polar surface area (TPSA) is 133 Å². The minimum atomic E-state index is -3.84. The number of sulfonamides is 1. The number of rotatable bonds is 11. The molecule has 0 radical (unpaired) electrons. The van der Waals surface area contributed by atoms with Crippen molar-refractivity contribution in [3.63, 3.8) is 0 Å². The molecule has 0 heterocycles. The molecule has 0 amide bonds. The monoisotopic (exact) mass is 466 g/mol. The van der Waals surface area contributed by atoms with E-state index in [0.29, 0.717) is 22.8 Å². The van der Waals surface area contributed by atoms with Crippen molar-refractivity contribution in [3.05, 3.63) is 46.0 Å². The van der Waals surface area contributed by atoms with Gasteiger partial charge in [-0.1, -0.05) is 13.8 Å². The van der Waals surface area contributed by atoms with Crippen LogP contribution in [0.3, 0.4) is 0 Å². The van der Waals surface area contributed by atoms with E-state index >= 15 is 0 Å². The molecule has 2 aromatic carbocycles. The third-order valence-corrected chi connectivity index (χ3v) is 6.64. The fraction of sp³-hybridized carbons (Fsp3) is 0.350. The minimum absolute atomic E-state index is 0.0391. The van der Waals surface area contributed by atoms with Crippen molar-refractivity contribution in [2.24, 2.45) is 5.10 Å². The third kappa shape index (κ3) is 5.26. The Morgan fingerprint density at radius 1 is 1.06 bits per heavy atom. The molecule has 0 aliphatic carbocycles. The van der Waals surface area contributed by atoms with Gasteiger partial charge >= 0.3 is 0 Å². The summed E-state index contributed by atoms with van der Waals surface area (Å²) in [5.74, 6) is 1.26. The van der Waals surface area contributed by atoms with E-state index in [1.54, 1.807) is 26.0 Å². The number of anilines is 1. The summed E-state index contributed by atoms with van der Waals surface area (Å²) in [6.45, 7) is 3.91. The third-order valence-electron chi connectivity index (χ3n) is 4.59. The smallest absolute Gasteiger partial charge is 0.295 e. The van der Waals surface area contributed by atoms with Gasteiger partial charge in [-0.05, 0) is 24.3 Å². The average Bonchev–Trinajstić information content (AvgIpc) is 2.78. The summed E-state index contributed by atoms with van der Waals surface area (Å²) in [6, 6.07) is 6.94. The van der Waals surface area contributed by atoms with Gasteiger partial charge in [0.05, 0.1) is 37.4 Å². The first-order valence-electron chi connectivity index (χ1n) is 9.61. The lowest BCUT2D eigenvalue weighted by Gasteiger charge is -2.18. The molecule has 0 bridgehead atoms. The van der Waals surface area contributed by atoms with Crippen LogP contribution >= 0.6 is 0 Å². The fourth-order valence-electron chi connectivity index (χ4n) is 2.98. The first-order valence-corrected chi connectivity index (χ1v) is 11.0. The second kappa shape index (κ2) is 10.8. The summed E-state index contributed by atoms with van der Waals surface area (Å²) < 4.78 is 42.4. The zero-order valence-electron chi connectivity index (χ0n) is 18.5. The summed E-state index contributed by atoms with van der Waals surface area (Å²) >= 11 is 0. The maximum Gasteiger partial charge on any atom is 0.295 e. The van der Waals surface area contributed by atoms with Gasteiger partial charge in [-0.15, -0.1) is 0 Å². The van der Waals surface area contributed by atoms with Crippen molar-refractivity contribution in [1.29, 1.82) is 0 Å². The Bertz CT molecular complexity index is 1070. The van der Waals surface area contributed by atoms with E-state index in [-0.39, 0.29) is 23.7 Å². The molecule has 0 unspecified atom stereocenters. The van der Waals surface area contributed by atoms with Gasteiger partial charge in [0.2, 0.25) is 15.8 Å². The van der Waals surface area contributed by atoms with Crippen LogP contribution < -0.4 is 19.6 Å². The van der Waals surface area contributed by atoms with E-state index in [2.05, 4.69) is 10.5 Å². The van der Waals surface area contributed by atoms with Gasteiger partial charge in [0.15, 0.2) is 11.5 Å². The Labute approximate surface area is 186 Å². The molecule has 2 rings (SSSR count). The molecular formula is C20H26N4O7S. The van der Waals surface area contributed by atoms with E-state index in [0.717, 1.165) is 6.07 Å². The molecule has 0 aliphatic rings. The van der Waals surface area contributed by atoms with E-state index < -0.39 is 20.6 Å². The number of hydrazone groups is 1. The molecule has 0 aliphatic heterocycles. The van der Waals surface area contributed by atoms with E-state index in [1.807, 2.05) is 0 Å². The van der Waals surface area contributed by atoms with Gasteiger partial charge in [-0.2, -0.15) is 9.41 Å². The zero-order chi connectivity index (χ0) is 23.9. The van der Waals surface area contributed by atoms with Gasteiger partial charge < -0.3 is 14.2 Å². The van der Waals surface area contributed by atoms with E-state index in [4.69, 9.17) is 14.2 Å². The molecular weight excluding hydrogens is 440 g/mol. The largest absolute Gasteiger partial charge is 0.493 e. The van der Waals surface area contributed by atoms with Crippen molar-refractivity contribution < 1.29 is 27.6 Å². The molecule has 11 nitrogen and oxygen atoms in total. The highest BCUT2D eigenvalue weighted by Gasteiger charge is 2.25. The standard InChI is InChI=1S/C20H26N4O7S/c1-6-23(7-2)32(27,28)15-8-9-16(17(12-15)24(25)26)22-21-13-14-10-18(29-3)20(31-5)19(11-14)30-4/h8-13,22H,6-7H2,1-5H3/b21-13+. The molecule has 0 aromatic heterocycles. The zero-order valence-corrected chi connectivity index (χ0v) is 19.3. The van der Waals surface area contributed by atoms with Crippen LogP contribution in [-0.2, 0) is 10.0 Å². The van der Waals surface area contributed by atoms with Gasteiger partial charge in [-0.25, -0.2) is 8.42 Å². The predicted octanol–water partition coefficient (Wildman–Crippen LogP) is 3.10. The van der Waals surface area contributed by atoms with Gasteiger partial charge in [0, 0.05) is 24.7 Å². The van der Waals surface area contributed by atoms with Crippen LogP contribution in [0.25, 0.3) is 0 Å². The molecule has 1 N–H and O–H groups in total.